The van der Waals surface area contributed by atoms with E-state index >= 15 is 0 Å². The van der Waals surface area contributed by atoms with E-state index < -0.39 is 0 Å². The minimum absolute atomic E-state index is 0.566. The average molecular weight is 153 g/mol. The van der Waals surface area contributed by atoms with Gasteiger partial charge in [-0.3, -0.25) is 4.99 Å². The van der Waals surface area contributed by atoms with Gasteiger partial charge in [-0.25, -0.2) is 0 Å². The maximum atomic E-state index is 4.35. The van der Waals surface area contributed by atoms with Crippen molar-refractivity contribution in [3.8, 4) is 0 Å². The summed E-state index contributed by atoms with van der Waals surface area (Å²) in [5, 5.41) is 0. The van der Waals surface area contributed by atoms with E-state index in [0.29, 0.717) is 5.92 Å². The monoisotopic (exact) mass is 153 g/mol. The Hall–Kier alpha value is -0.590. The third kappa shape index (κ3) is 4.77. The predicted molar refractivity (Wildman–Crippen MR) is 52.0 cm³/mol. The molecule has 0 heterocycles. The fourth-order valence-corrected chi connectivity index (χ4v) is 0.452. The lowest BCUT2D eigenvalue weighted by atomic mass is 10.1. The highest BCUT2D eigenvalue weighted by atomic mass is 14.7. The zero-order valence-corrected chi connectivity index (χ0v) is 8.31. The van der Waals surface area contributed by atoms with Gasteiger partial charge in [-0.2, -0.15) is 0 Å². The molecule has 64 valence electrons. The lowest BCUT2D eigenvalue weighted by Gasteiger charge is -2.01. The summed E-state index contributed by atoms with van der Waals surface area (Å²) < 4.78 is 0. The van der Waals surface area contributed by atoms with Crippen LogP contribution in [0.25, 0.3) is 0 Å². The average Bonchev–Trinajstić information content (AvgIpc) is 1.99. The molecule has 0 amide bonds. The third-order valence-electron chi connectivity index (χ3n) is 1.88. The Kier molecular flexibility index (Phi) is 4.84. The third-order valence-corrected chi connectivity index (χ3v) is 1.88. The minimum atomic E-state index is 0.566. The van der Waals surface area contributed by atoms with Crippen molar-refractivity contribution in [2.45, 2.75) is 41.0 Å². The molecular weight excluding hydrogens is 134 g/mol. The van der Waals surface area contributed by atoms with Crippen LogP contribution in [0.1, 0.15) is 41.0 Å². The highest BCUT2D eigenvalue weighted by Crippen LogP contribution is 2.01. The quantitative estimate of drug-likeness (QED) is 0.551. The smallest absolute Gasteiger partial charge is 0.0256 e. The van der Waals surface area contributed by atoms with Crippen molar-refractivity contribution in [1.29, 1.82) is 0 Å². The van der Waals surface area contributed by atoms with Crippen molar-refractivity contribution in [2.75, 3.05) is 0 Å². The van der Waals surface area contributed by atoms with Crippen LogP contribution < -0.4 is 0 Å². The standard InChI is InChI=1S/C10H19N/c1-6-9(4)7-11-10(5)8(2)3/h7-8H,6H2,1-5H3/b9-7-,11-10?. The number of hydrogen-bond acceptors (Lipinski definition) is 1. The Morgan fingerprint density at radius 2 is 1.91 bits per heavy atom. The lowest BCUT2D eigenvalue weighted by Crippen LogP contribution is -2.00. The van der Waals surface area contributed by atoms with Gasteiger partial charge in [0.2, 0.25) is 0 Å². The maximum Gasteiger partial charge on any atom is 0.0256 e. The fraction of sp³-hybridized carbons (Fsp3) is 0.700. The lowest BCUT2D eigenvalue weighted by molar-refractivity contribution is 0.877. The summed E-state index contributed by atoms with van der Waals surface area (Å²) in [5.41, 5.74) is 2.54. The zero-order valence-electron chi connectivity index (χ0n) is 8.31. The van der Waals surface area contributed by atoms with Gasteiger partial charge in [0.25, 0.3) is 0 Å². The SMILES string of the molecule is CC/C(C)=C\N=C(C)C(C)C. The normalized spacial score (nSPS) is 14.4. The van der Waals surface area contributed by atoms with Crippen LogP contribution in [0.4, 0.5) is 0 Å². The van der Waals surface area contributed by atoms with Crippen LogP contribution in [-0.4, -0.2) is 5.71 Å². The molecule has 0 aromatic rings. The van der Waals surface area contributed by atoms with E-state index in [1.54, 1.807) is 0 Å². The van der Waals surface area contributed by atoms with Gasteiger partial charge in [0, 0.05) is 11.9 Å². The number of rotatable bonds is 3. The molecule has 0 unspecified atom stereocenters. The first kappa shape index (κ1) is 10.4. The minimum Gasteiger partial charge on any atom is -0.266 e. The van der Waals surface area contributed by atoms with Gasteiger partial charge in [0.15, 0.2) is 0 Å². The van der Waals surface area contributed by atoms with Gasteiger partial charge < -0.3 is 0 Å². The van der Waals surface area contributed by atoms with E-state index in [-0.39, 0.29) is 0 Å². The summed E-state index contributed by atoms with van der Waals surface area (Å²) >= 11 is 0. The Balaban J connectivity index is 4.11. The highest BCUT2D eigenvalue weighted by molar-refractivity contribution is 5.84. The van der Waals surface area contributed by atoms with Crippen molar-refractivity contribution in [2.24, 2.45) is 10.9 Å². The molecule has 0 N–H and O–H groups in total. The molecule has 0 bridgehead atoms. The molecule has 0 aliphatic rings. The van der Waals surface area contributed by atoms with Crippen LogP contribution in [0, 0.1) is 5.92 Å². The molecule has 0 radical (unpaired) electrons. The van der Waals surface area contributed by atoms with Crippen molar-refractivity contribution in [1.82, 2.24) is 0 Å². The Morgan fingerprint density at radius 3 is 2.27 bits per heavy atom. The summed E-state index contributed by atoms with van der Waals surface area (Å²) in [5.74, 6) is 0.566. The van der Waals surface area contributed by atoms with Gasteiger partial charge in [-0.1, -0.05) is 26.3 Å². The summed E-state index contributed by atoms with van der Waals surface area (Å²) in [7, 11) is 0. The first-order chi connectivity index (χ1) is 5.07. The Morgan fingerprint density at radius 1 is 1.36 bits per heavy atom. The zero-order chi connectivity index (χ0) is 8.85. The number of aliphatic imine (C=N–C) groups is 1. The molecule has 1 nitrogen and oxygen atoms in total. The van der Waals surface area contributed by atoms with Crippen LogP contribution in [0.2, 0.25) is 0 Å². The van der Waals surface area contributed by atoms with Crippen LogP contribution in [0.5, 0.6) is 0 Å². The second kappa shape index (κ2) is 5.11. The molecule has 0 aliphatic heterocycles. The van der Waals surface area contributed by atoms with Crippen LogP contribution in [0.3, 0.4) is 0 Å². The van der Waals surface area contributed by atoms with Crippen LogP contribution >= 0.6 is 0 Å². The largest absolute Gasteiger partial charge is 0.266 e. The molecule has 11 heavy (non-hydrogen) atoms. The molecule has 1 heteroatoms. The van der Waals surface area contributed by atoms with Gasteiger partial charge in [0.05, 0.1) is 0 Å². The summed E-state index contributed by atoms with van der Waals surface area (Å²) in [6, 6.07) is 0. The topological polar surface area (TPSA) is 12.4 Å². The van der Waals surface area contributed by atoms with E-state index in [4.69, 9.17) is 0 Å². The van der Waals surface area contributed by atoms with Crippen molar-refractivity contribution < 1.29 is 0 Å². The molecule has 0 rings (SSSR count). The summed E-state index contributed by atoms with van der Waals surface area (Å²) in [4.78, 5) is 4.35. The van der Waals surface area contributed by atoms with Gasteiger partial charge in [0.1, 0.15) is 0 Å². The summed E-state index contributed by atoms with van der Waals surface area (Å²) in [6.07, 6.45) is 3.06. The van der Waals surface area contributed by atoms with Gasteiger partial charge in [-0.05, 0) is 26.2 Å². The number of hydrogen-bond donors (Lipinski definition) is 0. The van der Waals surface area contributed by atoms with Crippen molar-refractivity contribution in [3.05, 3.63) is 11.8 Å². The number of nitrogens with zero attached hydrogens (tertiary/aromatic N) is 1. The van der Waals surface area contributed by atoms with E-state index in [0.717, 1.165) is 6.42 Å². The molecular formula is C10H19N. The van der Waals surface area contributed by atoms with Gasteiger partial charge >= 0.3 is 0 Å². The van der Waals surface area contributed by atoms with Crippen molar-refractivity contribution in [3.63, 3.8) is 0 Å². The summed E-state index contributed by atoms with van der Waals surface area (Å²) in [6.45, 7) is 10.6. The Labute approximate surface area is 70.2 Å². The molecule has 0 atom stereocenters. The molecule has 0 saturated heterocycles. The molecule has 0 aromatic carbocycles. The second-order valence-corrected chi connectivity index (χ2v) is 3.25. The van der Waals surface area contributed by atoms with Gasteiger partial charge in [-0.15, -0.1) is 0 Å². The predicted octanol–water partition coefficient (Wildman–Crippen LogP) is 3.42. The molecule has 0 saturated carbocycles. The maximum absolute atomic E-state index is 4.35. The first-order valence-corrected chi connectivity index (χ1v) is 4.27. The molecule has 0 fully saturated rings. The highest BCUT2D eigenvalue weighted by Gasteiger charge is 1.94. The van der Waals surface area contributed by atoms with E-state index in [1.807, 2.05) is 6.20 Å². The second-order valence-electron chi connectivity index (χ2n) is 3.25. The Bertz CT molecular complexity index is 164. The van der Waals surface area contributed by atoms with E-state index in [2.05, 4.69) is 39.6 Å². The van der Waals surface area contributed by atoms with Crippen molar-refractivity contribution >= 4 is 5.71 Å². The van der Waals surface area contributed by atoms with Crippen LogP contribution in [-0.2, 0) is 0 Å². The van der Waals surface area contributed by atoms with E-state index in [9.17, 15) is 0 Å². The first-order valence-electron chi connectivity index (χ1n) is 4.27. The molecule has 0 spiro atoms. The fourth-order valence-electron chi connectivity index (χ4n) is 0.452. The molecule has 0 aliphatic carbocycles. The number of allylic oxidation sites excluding steroid dienone is 1. The van der Waals surface area contributed by atoms with E-state index in [1.165, 1.54) is 11.3 Å². The van der Waals surface area contributed by atoms with Crippen LogP contribution in [0.15, 0.2) is 16.8 Å². The molecule has 0 aromatic heterocycles.